The molecule has 0 aromatic rings. The van der Waals surface area contributed by atoms with Crippen molar-refractivity contribution in [2.75, 3.05) is 32.4 Å². The molecule has 3 heteroatoms. The predicted octanol–water partition coefficient (Wildman–Crippen LogP) is 1.96. The van der Waals surface area contributed by atoms with Gasteiger partial charge in [0.2, 0.25) is 0 Å². The fourth-order valence-corrected chi connectivity index (χ4v) is 4.00. The van der Waals surface area contributed by atoms with Crippen LogP contribution in [0.5, 0.6) is 0 Å². The summed E-state index contributed by atoms with van der Waals surface area (Å²) in [4.78, 5) is 2.68. The fourth-order valence-electron chi connectivity index (χ4n) is 2.64. The first-order valence-corrected chi connectivity index (χ1v) is 7.44. The summed E-state index contributed by atoms with van der Waals surface area (Å²) in [7, 11) is 2.09. The SMILES string of the molecule is CNC1CCN(CC2CCCCS2)CC1. The molecule has 0 aromatic carbocycles. The third kappa shape index (κ3) is 3.65. The van der Waals surface area contributed by atoms with Crippen molar-refractivity contribution in [2.24, 2.45) is 0 Å². The van der Waals surface area contributed by atoms with Crippen molar-refractivity contribution in [2.45, 2.75) is 43.4 Å². The molecule has 0 aliphatic carbocycles. The Balaban J connectivity index is 1.67. The number of hydrogen-bond donors (Lipinski definition) is 1. The molecule has 2 fully saturated rings. The van der Waals surface area contributed by atoms with E-state index in [1.54, 1.807) is 0 Å². The Morgan fingerprint density at radius 1 is 1.20 bits per heavy atom. The molecule has 2 nitrogen and oxygen atoms in total. The van der Waals surface area contributed by atoms with Gasteiger partial charge in [-0.25, -0.2) is 0 Å². The first-order chi connectivity index (χ1) is 7.38. The van der Waals surface area contributed by atoms with Gasteiger partial charge in [0.1, 0.15) is 0 Å². The van der Waals surface area contributed by atoms with Crippen LogP contribution in [0.3, 0.4) is 0 Å². The van der Waals surface area contributed by atoms with Crippen LogP contribution in [0.25, 0.3) is 0 Å². The molecule has 1 atom stereocenters. The Morgan fingerprint density at radius 3 is 2.60 bits per heavy atom. The molecule has 0 bridgehead atoms. The van der Waals surface area contributed by atoms with Crippen molar-refractivity contribution >= 4 is 11.8 Å². The maximum Gasteiger partial charge on any atom is 0.0175 e. The molecule has 2 aliphatic heterocycles. The van der Waals surface area contributed by atoms with Gasteiger partial charge >= 0.3 is 0 Å². The van der Waals surface area contributed by atoms with Gasteiger partial charge in [-0.2, -0.15) is 11.8 Å². The van der Waals surface area contributed by atoms with Crippen molar-refractivity contribution in [1.29, 1.82) is 0 Å². The number of likely N-dealkylation sites (tertiary alicyclic amines) is 1. The van der Waals surface area contributed by atoms with E-state index in [0.717, 1.165) is 11.3 Å². The quantitative estimate of drug-likeness (QED) is 0.795. The molecule has 2 saturated heterocycles. The lowest BCUT2D eigenvalue weighted by Crippen LogP contribution is -2.43. The van der Waals surface area contributed by atoms with E-state index in [9.17, 15) is 0 Å². The molecule has 0 radical (unpaired) electrons. The Hall–Kier alpha value is 0.270. The standard InChI is InChI=1S/C12H24N2S/c1-13-11-5-7-14(8-6-11)10-12-4-2-3-9-15-12/h11-13H,2-10H2,1H3. The molecule has 2 heterocycles. The zero-order chi connectivity index (χ0) is 10.5. The summed E-state index contributed by atoms with van der Waals surface area (Å²) in [5.41, 5.74) is 0. The van der Waals surface area contributed by atoms with Crippen molar-refractivity contribution in [3.05, 3.63) is 0 Å². The Kier molecular flexibility index (Phi) is 4.79. The second-order valence-corrected chi connectivity index (χ2v) is 6.26. The zero-order valence-electron chi connectivity index (χ0n) is 9.87. The van der Waals surface area contributed by atoms with Gasteiger partial charge in [0.25, 0.3) is 0 Å². The number of thioether (sulfide) groups is 1. The van der Waals surface area contributed by atoms with Crippen LogP contribution in [0.1, 0.15) is 32.1 Å². The average molecular weight is 228 g/mol. The van der Waals surface area contributed by atoms with Crippen LogP contribution in [-0.2, 0) is 0 Å². The maximum atomic E-state index is 3.40. The van der Waals surface area contributed by atoms with Crippen molar-refractivity contribution in [3.8, 4) is 0 Å². The summed E-state index contributed by atoms with van der Waals surface area (Å²) in [6, 6.07) is 0.778. The van der Waals surface area contributed by atoms with Gasteiger partial charge in [0.15, 0.2) is 0 Å². The summed E-state index contributed by atoms with van der Waals surface area (Å²) in [5.74, 6) is 1.40. The molecule has 0 saturated carbocycles. The Bertz CT molecular complexity index is 172. The highest BCUT2D eigenvalue weighted by Crippen LogP contribution is 2.26. The van der Waals surface area contributed by atoms with Crippen LogP contribution in [0.2, 0.25) is 0 Å². The summed E-state index contributed by atoms with van der Waals surface area (Å²) in [5, 5.41) is 4.33. The Labute approximate surface area is 98.2 Å². The molecule has 1 N–H and O–H groups in total. The molecule has 2 rings (SSSR count). The average Bonchev–Trinajstić information content (AvgIpc) is 2.31. The Morgan fingerprint density at radius 2 is 2.00 bits per heavy atom. The highest BCUT2D eigenvalue weighted by Gasteiger charge is 2.21. The second kappa shape index (κ2) is 6.12. The van der Waals surface area contributed by atoms with Crippen molar-refractivity contribution in [1.82, 2.24) is 10.2 Å². The van der Waals surface area contributed by atoms with E-state index in [0.29, 0.717) is 0 Å². The smallest absolute Gasteiger partial charge is 0.0175 e. The lowest BCUT2D eigenvalue weighted by molar-refractivity contribution is 0.200. The molecule has 0 spiro atoms. The van der Waals surface area contributed by atoms with Crippen LogP contribution < -0.4 is 5.32 Å². The van der Waals surface area contributed by atoms with Crippen LogP contribution in [0.15, 0.2) is 0 Å². The molecule has 15 heavy (non-hydrogen) atoms. The lowest BCUT2D eigenvalue weighted by atomic mass is 10.0. The summed E-state index contributed by atoms with van der Waals surface area (Å²) in [6.45, 7) is 3.96. The number of hydrogen-bond acceptors (Lipinski definition) is 3. The minimum absolute atomic E-state index is 0.778. The molecular weight excluding hydrogens is 204 g/mol. The third-order valence-electron chi connectivity index (χ3n) is 3.73. The summed E-state index contributed by atoms with van der Waals surface area (Å²) in [6.07, 6.45) is 7.05. The van der Waals surface area contributed by atoms with Crippen LogP contribution in [0, 0.1) is 0 Å². The number of nitrogens with zero attached hydrogens (tertiary/aromatic N) is 1. The lowest BCUT2D eigenvalue weighted by Gasteiger charge is -2.34. The highest BCUT2D eigenvalue weighted by atomic mass is 32.2. The largest absolute Gasteiger partial charge is 0.317 e. The predicted molar refractivity (Wildman–Crippen MR) is 68.6 cm³/mol. The van der Waals surface area contributed by atoms with Crippen LogP contribution in [0.4, 0.5) is 0 Å². The second-order valence-electron chi connectivity index (χ2n) is 4.85. The molecule has 0 aromatic heterocycles. The fraction of sp³-hybridized carbons (Fsp3) is 1.00. The summed E-state index contributed by atoms with van der Waals surface area (Å²) >= 11 is 2.21. The van der Waals surface area contributed by atoms with Gasteiger partial charge < -0.3 is 10.2 Å². The maximum absolute atomic E-state index is 3.40. The van der Waals surface area contributed by atoms with Crippen molar-refractivity contribution < 1.29 is 0 Å². The molecule has 1 unspecified atom stereocenters. The number of rotatable bonds is 3. The van der Waals surface area contributed by atoms with Crippen molar-refractivity contribution in [3.63, 3.8) is 0 Å². The van der Waals surface area contributed by atoms with E-state index in [1.165, 1.54) is 57.5 Å². The monoisotopic (exact) mass is 228 g/mol. The van der Waals surface area contributed by atoms with Gasteiger partial charge in [-0.3, -0.25) is 0 Å². The van der Waals surface area contributed by atoms with Gasteiger partial charge in [0, 0.05) is 17.8 Å². The molecule has 88 valence electrons. The minimum Gasteiger partial charge on any atom is -0.317 e. The van der Waals surface area contributed by atoms with Gasteiger partial charge in [0.05, 0.1) is 0 Å². The topological polar surface area (TPSA) is 15.3 Å². The highest BCUT2D eigenvalue weighted by molar-refractivity contribution is 7.99. The first-order valence-electron chi connectivity index (χ1n) is 6.39. The van der Waals surface area contributed by atoms with Gasteiger partial charge in [-0.15, -0.1) is 0 Å². The molecule has 2 aliphatic rings. The molecular formula is C12H24N2S. The normalized spacial score (nSPS) is 30.6. The first kappa shape index (κ1) is 11.7. The van der Waals surface area contributed by atoms with E-state index >= 15 is 0 Å². The van der Waals surface area contributed by atoms with E-state index in [-0.39, 0.29) is 0 Å². The van der Waals surface area contributed by atoms with Gasteiger partial charge in [-0.1, -0.05) is 6.42 Å². The van der Waals surface area contributed by atoms with Gasteiger partial charge in [-0.05, 0) is 51.6 Å². The third-order valence-corrected chi connectivity index (χ3v) is 5.11. The number of nitrogens with one attached hydrogen (secondary N) is 1. The van der Waals surface area contributed by atoms with E-state index < -0.39 is 0 Å². The van der Waals surface area contributed by atoms with Crippen LogP contribution >= 0.6 is 11.8 Å². The zero-order valence-corrected chi connectivity index (χ0v) is 10.7. The van der Waals surface area contributed by atoms with E-state index in [1.807, 2.05) is 0 Å². The minimum atomic E-state index is 0.778. The molecule has 0 amide bonds. The van der Waals surface area contributed by atoms with E-state index in [4.69, 9.17) is 0 Å². The van der Waals surface area contributed by atoms with E-state index in [2.05, 4.69) is 29.0 Å². The summed E-state index contributed by atoms with van der Waals surface area (Å²) < 4.78 is 0. The number of piperidine rings is 1. The van der Waals surface area contributed by atoms with Crippen LogP contribution in [-0.4, -0.2) is 48.6 Å².